The highest BCUT2D eigenvalue weighted by atomic mass is 35.5. The molecule has 2 rings (SSSR count). The van der Waals surface area contributed by atoms with Gasteiger partial charge in [-0.05, 0) is 44.2 Å². The molecule has 1 saturated heterocycles. The lowest BCUT2D eigenvalue weighted by Gasteiger charge is -2.34. The topological polar surface area (TPSA) is 63.4 Å². The number of hydrogen-bond donors (Lipinski definition) is 1. The second kappa shape index (κ2) is 6.65. The molecule has 1 aromatic carbocycles. The summed E-state index contributed by atoms with van der Waals surface area (Å²) in [7, 11) is -3.42. The van der Waals surface area contributed by atoms with Gasteiger partial charge in [-0.15, -0.1) is 12.4 Å². The SMILES string of the molecule is Cc1cc(C)c(S(=O)(=O)N2CCC(N)C(C)C2)c(C)c1.Cl. The van der Waals surface area contributed by atoms with Gasteiger partial charge in [0.25, 0.3) is 0 Å². The first kappa shape index (κ1) is 18.4. The first-order valence-electron chi connectivity index (χ1n) is 7.07. The number of benzene rings is 1. The van der Waals surface area contributed by atoms with Crippen molar-refractivity contribution in [2.24, 2.45) is 11.7 Å². The monoisotopic (exact) mass is 332 g/mol. The Morgan fingerprint density at radius 1 is 1.19 bits per heavy atom. The van der Waals surface area contributed by atoms with Crippen LogP contribution in [0.3, 0.4) is 0 Å². The maximum absolute atomic E-state index is 12.9. The smallest absolute Gasteiger partial charge is 0.243 e. The zero-order valence-corrected chi connectivity index (χ0v) is 14.7. The van der Waals surface area contributed by atoms with Gasteiger partial charge in [0, 0.05) is 19.1 Å². The van der Waals surface area contributed by atoms with E-state index in [0.717, 1.165) is 23.1 Å². The molecule has 120 valence electrons. The lowest BCUT2D eigenvalue weighted by atomic mass is 9.96. The van der Waals surface area contributed by atoms with E-state index in [1.807, 2.05) is 39.8 Å². The molecule has 0 amide bonds. The molecule has 0 bridgehead atoms. The first-order chi connectivity index (χ1) is 9.23. The highest BCUT2D eigenvalue weighted by Gasteiger charge is 2.33. The van der Waals surface area contributed by atoms with Crippen molar-refractivity contribution in [1.82, 2.24) is 4.31 Å². The van der Waals surface area contributed by atoms with Crippen molar-refractivity contribution in [2.45, 2.75) is 45.1 Å². The summed E-state index contributed by atoms with van der Waals surface area (Å²) in [6, 6.07) is 3.96. The number of sulfonamides is 1. The van der Waals surface area contributed by atoms with Crippen LogP contribution < -0.4 is 5.73 Å². The van der Waals surface area contributed by atoms with Crippen LogP contribution in [0.4, 0.5) is 0 Å². The number of aryl methyl sites for hydroxylation is 3. The highest BCUT2D eigenvalue weighted by Crippen LogP contribution is 2.28. The van der Waals surface area contributed by atoms with Crippen molar-refractivity contribution in [3.8, 4) is 0 Å². The van der Waals surface area contributed by atoms with Crippen LogP contribution in [0, 0.1) is 26.7 Å². The summed E-state index contributed by atoms with van der Waals surface area (Å²) in [5.74, 6) is 0.199. The minimum atomic E-state index is -3.42. The predicted molar refractivity (Wildman–Crippen MR) is 88.4 cm³/mol. The molecule has 0 saturated carbocycles. The van der Waals surface area contributed by atoms with Crippen molar-refractivity contribution < 1.29 is 8.42 Å². The van der Waals surface area contributed by atoms with Crippen LogP contribution >= 0.6 is 12.4 Å². The number of rotatable bonds is 2. The van der Waals surface area contributed by atoms with Gasteiger partial charge in [-0.25, -0.2) is 8.42 Å². The number of nitrogens with two attached hydrogens (primary N) is 1. The minimum absolute atomic E-state index is 0. The van der Waals surface area contributed by atoms with E-state index in [0.29, 0.717) is 18.0 Å². The summed E-state index contributed by atoms with van der Waals surface area (Å²) in [4.78, 5) is 0.464. The molecule has 2 unspecified atom stereocenters. The van der Waals surface area contributed by atoms with Crippen molar-refractivity contribution in [3.05, 3.63) is 28.8 Å². The standard InChI is InChI=1S/C15H24N2O2S.ClH/c1-10-7-11(2)15(12(3)8-10)20(18,19)17-6-5-14(16)13(4)9-17;/h7-8,13-14H,5-6,9,16H2,1-4H3;1H. The Bertz CT molecular complexity index is 593. The van der Waals surface area contributed by atoms with Gasteiger partial charge in [0.15, 0.2) is 0 Å². The first-order valence-corrected chi connectivity index (χ1v) is 8.51. The maximum Gasteiger partial charge on any atom is 0.243 e. The second-order valence-corrected chi connectivity index (χ2v) is 7.90. The number of hydrogen-bond acceptors (Lipinski definition) is 3. The average Bonchev–Trinajstić information content (AvgIpc) is 2.30. The van der Waals surface area contributed by atoms with Crippen molar-refractivity contribution in [3.63, 3.8) is 0 Å². The van der Waals surface area contributed by atoms with Gasteiger partial charge in [-0.1, -0.05) is 24.6 Å². The van der Waals surface area contributed by atoms with E-state index in [1.165, 1.54) is 0 Å². The molecule has 6 heteroatoms. The van der Waals surface area contributed by atoms with Gasteiger partial charge in [-0.3, -0.25) is 0 Å². The summed E-state index contributed by atoms with van der Waals surface area (Å²) in [6.07, 6.45) is 0.727. The molecule has 2 atom stereocenters. The lowest BCUT2D eigenvalue weighted by Crippen LogP contribution is -2.48. The Morgan fingerprint density at radius 2 is 1.71 bits per heavy atom. The van der Waals surface area contributed by atoms with Crippen LogP contribution in [-0.4, -0.2) is 31.9 Å². The Balaban J connectivity index is 0.00000220. The quantitative estimate of drug-likeness (QED) is 0.904. The van der Waals surface area contributed by atoms with Gasteiger partial charge in [0.1, 0.15) is 0 Å². The summed E-state index contributed by atoms with van der Waals surface area (Å²) < 4.78 is 27.3. The van der Waals surface area contributed by atoms with Gasteiger partial charge in [0.05, 0.1) is 4.90 Å². The third-order valence-corrected chi connectivity index (χ3v) is 6.31. The molecule has 1 heterocycles. The Hall–Kier alpha value is -0.620. The van der Waals surface area contributed by atoms with E-state index >= 15 is 0 Å². The van der Waals surface area contributed by atoms with Crippen LogP contribution in [0.1, 0.15) is 30.0 Å². The van der Waals surface area contributed by atoms with Crippen molar-refractivity contribution in [2.75, 3.05) is 13.1 Å². The number of halogens is 1. The molecule has 1 fully saturated rings. The largest absolute Gasteiger partial charge is 0.327 e. The fraction of sp³-hybridized carbons (Fsp3) is 0.600. The summed E-state index contributed by atoms with van der Waals surface area (Å²) in [6.45, 7) is 8.76. The lowest BCUT2D eigenvalue weighted by molar-refractivity contribution is 0.250. The van der Waals surface area contributed by atoms with E-state index < -0.39 is 10.0 Å². The van der Waals surface area contributed by atoms with Gasteiger partial charge >= 0.3 is 0 Å². The third-order valence-electron chi connectivity index (χ3n) is 4.14. The van der Waals surface area contributed by atoms with Crippen LogP contribution in [0.15, 0.2) is 17.0 Å². The third kappa shape index (κ3) is 3.59. The Morgan fingerprint density at radius 3 is 2.19 bits per heavy atom. The minimum Gasteiger partial charge on any atom is -0.327 e. The maximum atomic E-state index is 12.9. The van der Waals surface area contributed by atoms with Gasteiger partial charge in [-0.2, -0.15) is 4.31 Å². The van der Waals surface area contributed by atoms with Crippen molar-refractivity contribution >= 4 is 22.4 Å². The average molecular weight is 333 g/mol. The molecule has 0 radical (unpaired) electrons. The molecular weight excluding hydrogens is 308 g/mol. The van der Waals surface area contributed by atoms with Crippen LogP contribution in [0.5, 0.6) is 0 Å². The Kier molecular flexibility index (Phi) is 5.83. The molecule has 1 aliphatic rings. The molecule has 1 aliphatic heterocycles. The molecule has 0 aromatic heterocycles. The molecule has 21 heavy (non-hydrogen) atoms. The summed E-state index contributed by atoms with van der Waals surface area (Å²) in [5, 5.41) is 0. The molecule has 2 N–H and O–H groups in total. The second-order valence-electron chi connectivity index (χ2n) is 6.02. The van der Waals surface area contributed by atoms with E-state index in [-0.39, 0.29) is 24.4 Å². The molecular formula is C15H25ClN2O2S. The predicted octanol–water partition coefficient (Wildman–Crippen LogP) is 2.39. The van der Waals surface area contributed by atoms with Crippen LogP contribution in [-0.2, 0) is 10.0 Å². The van der Waals surface area contributed by atoms with Gasteiger partial charge in [0.2, 0.25) is 10.0 Å². The van der Waals surface area contributed by atoms with Crippen LogP contribution in [0.2, 0.25) is 0 Å². The number of piperidine rings is 1. The molecule has 0 aliphatic carbocycles. The van der Waals surface area contributed by atoms with Crippen molar-refractivity contribution in [1.29, 1.82) is 0 Å². The molecule has 1 aromatic rings. The molecule has 0 spiro atoms. The number of nitrogens with zero attached hydrogens (tertiary/aromatic N) is 1. The van der Waals surface area contributed by atoms with E-state index in [2.05, 4.69) is 0 Å². The van der Waals surface area contributed by atoms with Gasteiger partial charge < -0.3 is 5.73 Å². The summed E-state index contributed by atoms with van der Waals surface area (Å²) >= 11 is 0. The molecule has 4 nitrogen and oxygen atoms in total. The normalized spacial score (nSPS) is 23.7. The zero-order valence-electron chi connectivity index (χ0n) is 13.1. The highest BCUT2D eigenvalue weighted by molar-refractivity contribution is 7.89. The fourth-order valence-electron chi connectivity index (χ4n) is 3.05. The Labute approximate surface area is 134 Å². The van der Waals surface area contributed by atoms with E-state index in [4.69, 9.17) is 5.73 Å². The summed E-state index contributed by atoms with van der Waals surface area (Å²) in [5.41, 5.74) is 8.72. The fourth-order valence-corrected chi connectivity index (χ4v) is 5.01. The van der Waals surface area contributed by atoms with E-state index in [9.17, 15) is 8.42 Å². The van der Waals surface area contributed by atoms with E-state index in [1.54, 1.807) is 4.31 Å². The van der Waals surface area contributed by atoms with Crippen LogP contribution in [0.25, 0.3) is 0 Å². The zero-order chi connectivity index (χ0) is 15.1.